The van der Waals surface area contributed by atoms with Gasteiger partial charge in [0.2, 0.25) is 0 Å². The normalized spacial score (nSPS) is 11.0. The van der Waals surface area contributed by atoms with Crippen molar-refractivity contribution in [3.63, 3.8) is 0 Å². The first-order chi connectivity index (χ1) is 12.8. The molecule has 0 saturated heterocycles. The van der Waals surface area contributed by atoms with Crippen LogP contribution >= 0.6 is 24.0 Å². The van der Waals surface area contributed by atoms with Crippen molar-refractivity contribution in [3.05, 3.63) is 71.9 Å². The highest BCUT2D eigenvalue weighted by atomic mass is 127. The SMILES string of the molecule is CCNC(=NCc1cccc(OC)c1)NCc1ccnc2ccccc12.I. The van der Waals surface area contributed by atoms with E-state index in [0.717, 1.165) is 34.7 Å². The first-order valence-electron chi connectivity index (χ1n) is 8.78. The molecule has 0 radical (unpaired) electrons. The molecule has 0 aliphatic carbocycles. The molecule has 0 spiro atoms. The zero-order valence-corrected chi connectivity index (χ0v) is 17.9. The zero-order chi connectivity index (χ0) is 18.2. The van der Waals surface area contributed by atoms with Crippen LogP contribution < -0.4 is 15.4 Å². The van der Waals surface area contributed by atoms with Crippen LogP contribution in [0.1, 0.15) is 18.1 Å². The number of rotatable bonds is 6. The molecule has 0 bridgehead atoms. The van der Waals surface area contributed by atoms with Crippen LogP contribution in [0.3, 0.4) is 0 Å². The Labute approximate surface area is 177 Å². The lowest BCUT2D eigenvalue weighted by molar-refractivity contribution is 0.414. The summed E-state index contributed by atoms with van der Waals surface area (Å²) in [5.41, 5.74) is 3.31. The molecule has 2 aromatic carbocycles. The maximum absolute atomic E-state index is 5.27. The smallest absolute Gasteiger partial charge is 0.191 e. The number of guanidine groups is 1. The zero-order valence-electron chi connectivity index (χ0n) is 15.6. The summed E-state index contributed by atoms with van der Waals surface area (Å²) in [6.07, 6.45) is 1.85. The van der Waals surface area contributed by atoms with Crippen LogP contribution in [0.25, 0.3) is 10.9 Å². The number of para-hydroxylation sites is 1. The van der Waals surface area contributed by atoms with Crippen LogP contribution in [0.5, 0.6) is 5.75 Å². The lowest BCUT2D eigenvalue weighted by Gasteiger charge is -2.13. The quantitative estimate of drug-likeness (QED) is 0.320. The highest BCUT2D eigenvalue weighted by Crippen LogP contribution is 2.16. The monoisotopic (exact) mass is 476 g/mol. The maximum Gasteiger partial charge on any atom is 0.191 e. The van der Waals surface area contributed by atoms with Crippen molar-refractivity contribution in [2.45, 2.75) is 20.0 Å². The van der Waals surface area contributed by atoms with Gasteiger partial charge in [0.05, 0.1) is 19.2 Å². The van der Waals surface area contributed by atoms with Crippen molar-refractivity contribution in [2.24, 2.45) is 4.99 Å². The van der Waals surface area contributed by atoms with Gasteiger partial charge in [-0.3, -0.25) is 4.98 Å². The van der Waals surface area contributed by atoms with E-state index in [-0.39, 0.29) is 24.0 Å². The highest BCUT2D eigenvalue weighted by molar-refractivity contribution is 14.0. The van der Waals surface area contributed by atoms with Gasteiger partial charge in [-0.1, -0.05) is 30.3 Å². The van der Waals surface area contributed by atoms with Crippen LogP contribution in [0.4, 0.5) is 0 Å². The second kappa shape index (κ2) is 10.7. The number of hydrogen-bond acceptors (Lipinski definition) is 3. The predicted octanol–water partition coefficient (Wildman–Crippen LogP) is 4.12. The van der Waals surface area contributed by atoms with Gasteiger partial charge in [0.15, 0.2) is 5.96 Å². The molecule has 2 N–H and O–H groups in total. The number of pyridine rings is 1. The fourth-order valence-corrected chi connectivity index (χ4v) is 2.77. The Morgan fingerprint density at radius 3 is 2.74 bits per heavy atom. The molecule has 1 aromatic heterocycles. The topological polar surface area (TPSA) is 58.5 Å². The van der Waals surface area contributed by atoms with Crippen molar-refractivity contribution in [1.29, 1.82) is 0 Å². The van der Waals surface area contributed by atoms with Crippen molar-refractivity contribution in [2.75, 3.05) is 13.7 Å². The predicted molar refractivity (Wildman–Crippen MR) is 122 cm³/mol. The number of benzene rings is 2. The fourth-order valence-electron chi connectivity index (χ4n) is 2.77. The number of halogens is 1. The second-order valence-electron chi connectivity index (χ2n) is 5.89. The van der Waals surface area contributed by atoms with E-state index in [1.807, 2.05) is 54.7 Å². The van der Waals surface area contributed by atoms with Gasteiger partial charge in [0.25, 0.3) is 0 Å². The number of methoxy groups -OCH3 is 1. The van der Waals surface area contributed by atoms with E-state index < -0.39 is 0 Å². The summed E-state index contributed by atoms with van der Waals surface area (Å²) in [6.45, 7) is 4.14. The number of nitrogens with one attached hydrogen (secondary N) is 2. The minimum absolute atomic E-state index is 0. The molecular formula is C21H25IN4O. The lowest BCUT2D eigenvalue weighted by Crippen LogP contribution is -2.36. The average Bonchev–Trinajstić information content (AvgIpc) is 2.70. The van der Waals surface area contributed by atoms with Gasteiger partial charge >= 0.3 is 0 Å². The van der Waals surface area contributed by atoms with Gasteiger partial charge in [0.1, 0.15) is 5.75 Å². The summed E-state index contributed by atoms with van der Waals surface area (Å²) in [7, 11) is 1.67. The molecule has 0 aliphatic heterocycles. The van der Waals surface area contributed by atoms with Crippen molar-refractivity contribution in [3.8, 4) is 5.75 Å². The average molecular weight is 476 g/mol. The molecule has 3 aromatic rings. The number of aliphatic imine (C=N–C) groups is 1. The van der Waals surface area contributed by atoms with Crippen LogP contribution in [-0.2, 0) is 13.1 Å². The van der Waals surface area contributed by atoms with Gasteiger partial charge in [-0.15, -0.1) is 24.0 Å². The van der Waals surface area contributed by atoms with E-state index in [1.54, 1.807) is 7.11 Å². The van der Waals surface area contributed by atoms with E-state index in [4.69, 9.17) is 4.74 Å². The van der Waals surface area contributed by atoms with Gasteiger partial charge in [-0.05, 0) is 42.3 Å². The van der Waals surface area contributed by atoms with Gasteiger partial charge in [-0.2, -0.15) is 0 Å². The molecule has 1 heterocycles. The Morgan fingerprint density at radius 2 is 1.93 bits per heavy atom. The first kappa shape index (κ1) is 21.0. The molecule has 0 aliphatic rings. The van der Waals surface area contributed by atoms with E-state index >= 15 is 0 Å². The summed E-state index contributed by atoms with van der Waals surface area (Å²) in [6, 6.07) is 18.2. The molecule has 6 heteroatoms. The Balaban J connectivity index is 0.00000261. The lowest BCUT2D eigenvalue weighted by atomic mass is 10.1. The second-order valence-corrected chi connectivity index (χ2v) is 5.89. The molecule has 5 nitrogen and oxygen atoms in total. The number of hydrogen-bond donors (Lipinski definition) is 2. The standard InChI is InChI=1S/C21H24N4O.HI/c1-3-22-21(24-14-16-7-6-8-18(13-16)26-2)25-15-17-11-12-23-20-10-5-4-9-19(17)20;/h4-13H,3,14-15H2,1-2H3,(H2,22,24,25);1H. The van der Waals surface area contributed by atoms with Gasteiger partial charge < -0.3 is 15.4 Å². The third-order valence-corrected chi connectivity index (χ3v) is 4.08. The summed E-state index contributed by atoms with van der Waals surface area (Å²) < 4.78 is 5.27. The third kappa shape index (κ3) is 5.82. The largest absolute Gasteiger partial charge is 0.497 e. The summed E-state index contributed by atoms with van der Waals surface area (Å²) in [5.74, 6) is 1.63. The molecule has 0 atom stereocenters. The van der Waals surface area contributed by atoms with Crippen LogP contribution in [0.2, 0.25) is 0 Å². The number of fused-ring (bicyclic) bond motifs is 1. The molecule has 0 unspecified atom stereocenters. The molecule has 3 rings (SSSR count). The summed E-state index contributed by atoms with van der Waals surface area (Å²) >= 11 is 0. The van der Waals surface area contributed by atoms with Gasteiger partial charge in [0, 0.05) is 24.7 Å². The minimum atomic E-state index is 0. The van der Waals surface area contributed by atoms with Crippen LogP contribution in [-0.4, -0.2) is 24.6 Å². The van der Waals surface area contributed by atoms with Crippen LogP contribution in [0.15, 0.2) is 65.8 Å². The fraction of sp³-hybridized carbons (Fsp3) is 0.238. The molecule has 0 fully saturated rings. The number of ether oxygens (including phenoxy) is 1. The Bertz CT molecular complexity index is 893. The molecule has 27 heavy (non-hydrogen) atoms. The Kier molecular flexibility index (Phi) is 8.32. The molecule has 0 saturated carbocycles. The first-order valence-corrected chi connectivity index (χ1v) is 8.78. The van der Waals surface area contributed by atoms with Crippen molar-refractivity contribution in [1.82, 2.24) is 15.6 Å². The maximum atomic E-state index is 5.27. The van der Waals surface area contributed by atoms with Crippen molar-refractivity contribution < 1.29 is 4.74 Å². The molecule has 142 valence electrons. The van der Waals surface area contributed by atoms with E-state index in [0.29, 0.717) is 13.1 Å². The van der Waals surface area contributed by atoms with E-state index in [9.17, 15) is 0 Å². The Hall–Kier alpha value is -2.35. The molecular weight excluding hydrogens is 451 g/mol. The molecule has 0 amide bonds. The van der Waals surface area contributed by atoms with Crippen molar-refractivity contribution >= 4 is 40.8 Å². The van der Waals surface area contributed by atoms with E-state index in [1.165, 1.54) is 5.56 Å². The van der Waals surface area contributed by atoms with Gasteiger partial charge in [-0.25, -0.2) is 4.99 Å². The third-order valence-electron chi connectivity index (χ3n) is 4.08. The summed E-state index contributed by atoms with van der Waals surface area (Å²) in [5, 5.41) is 7.86. The van der Waals surface area contributed by atoms with Crippen LogP contribution in [0, 0.1) is 0 Å². The Morgan fingerprint density at radius 1 is 1.07 bits per heavy atom. The summed E-state index contributed by atoms with van der Waals surface area (Å²) in [4.78, 5) is 9.09. The highest BCUT2D eigenvalue weighted by Gasteiger charge is 2.03. The minimum Gasteiger partial charge on any atom is -0.497 e. The number of nitrogens with zero attached hydrogens (tertiary/aromatic N) is 2. The number of aromatic nitrogens is 1. The van der Waals surface area contributed by atoms with E-state index in [2.05, 4.69) is 33.6 Å².